The van der Waals surface area contributed by atoms with Crippen LogP contribution in [-0.4, -0.2) is 49.1 Å². The van der Waals surface area contributed by atoms with Gasteiger partial charge in [-0.25, -0.2) is 4.39 Å². The van der Waals surface area contributed by atoms with Gasteiger partial charge in [-0.3, -0.25) is 4.90 Å². The van der Waals surface area contributed by atoms with Gasteiger partial charge >= 0.3 is 0 Å². The van der Waals surface area contributed by atoms with E-state index in [-0.39, 0.29) is 16.9 Å². The summed E-state index contributed by atoms with van der Waals surface area (Å²) >= 11 is 5.76. The molecule has 0 aliphatic carbocycles. The summed E-state index contributed by atoms with van der Waals surface area (Å²) in [6.07, 6.45) is 0. The molecule has 5 heteroatoms. The summed E-state index contributed by atoms with van der Waals surface area (Å²) in [6.45, 7) is 10.1. The molecule has 1 aromatic rings. The molecule has 2 N–H and O–H groups in total. The van der Waals surface area contributed by atoms with E-state index >= 15 is 0 Å². The lowest BCUT2D eigenvalue weighted by Crippen LogP contribution is -2.49. The summed E-state index contributed by atoms with van der Waals surface area (Å²) in [4.78, 5) is 4.83. The molecule has 1 saturated heterocycles. The molecule has 1 atom stereocenters. The van der Waals surface area contributed by atoms with Crippen LogP contribution in [0.3, 0.4) is 0 Å². The quantitative estimate of drug-likeness (QED) is 0.907. The van der Waals surface area contributed by atoms with E-state index in [2.05, 4.69) is 23.6 Å². The molecule has 0 bridgehead atoms. The van der Waals surface area contributed by atoms with Gasteiger partial charge in [-0.15, -0.1) is 0 Å². The first-order chi connectivity index (χ1) is 10.0. The number of nitrogens with zero attached hydrogens (tertiary/aromatic N) is 2. The fraction of sp³-hybridized carbons (Fsp3) is 0.625. The third-order valence-corrected chi connectivity index (χ3v) is 4.33. The molecule has 1 aromatic carbocycles. The normalized spacial score (nSPS) is 19.1. The number of benzene rings is 1. The molecule has 0 aromatic heterocycles. The monoisotopic (exact) mass is 313 g/mol. The first kappa shape index (κ1) is 16.7. The van der Waals surface area contributed by atoms with Gasteiger partial charge in [0, 0.05) is 45.3 Å². The fourth-order valence-electron chi connectivity index (χ4n) is 2.99. The van der Waals surface area contributed by atoms with Crippen molar-refractivity contribution < 1.29 is 4.39 Å². The molecule has 2 rings (SSSR count). The molecule has 1 unspecified atom stereocenters. The Hall–Kier alpha value is -0.680. The van der Waals surface area contributed by atoms with E-state index in [0.717, 1.165) is 38.3 Å². The van der Waals surface area contributed by atoms with Crippen LogP contribution < -0.4 is 5.73 Å². The van der Waals surface area contributed by atoms with Crippen molar-refractivity contribution in [2.75, 3.05) is 39.3 Å². The molecule has 0 spiro atoms. The van der Waals surface area contributed by atoms with Gasteiger partial charge in [-0.05, 0) is 23.6 Å². The maximum Gasteiger partial charge on any atom is 0.142 e. The Morgan fingerprint density at radius 3 is 2.43 bits per heavy atom. The average molecular weight is 314 g/mol. The van der Waals surface area contributed by atoms with Gasteiger partial charge in [0.25, 0.3) is 0 Å². The van der Waals surface area contributed by atoms with Crippen LogP contribution in [0.2, 0.25) is 5.02 Å². The average Bonchev–Trinajstić information content (AvgIpc) is 2.45. The van der Waals surface area contributed by atoms with E-state index in [1.54, 1.807) is 6.07 Å². The minimum absolute atomic E-state index is 0.0676. The molecular weight excluding hydrogens is 289 g/mol. The SMILES string of the molecule is CC(C)CN1CCN(C(CN)c2ccc(Cl)c(F)c2)CC1. The lowest BCUT2D eigenvalue weighted by molar-refractivity contribution is 0.0911. The summed E-state index contributed by atoms with van der Waals surface area (Å²) < 4.78 is 13.6. The second-order valence-corrected chi connectivity index (χ2v) is 6.56. The maximum absolute atomic E-state index is 13.6. The van der Waals surface area contributed by atoms with Crippen molar-refractivity contribution >= 4 is 11.6 Å². The Kier molecular flexibility index (Phi) is 5.99. The highest BCUT2D eigenvalue weighted by molar-refractivity contribution is 6.30. The first-order valence-electron chi connectivity index (χ1n) is 7.62. The highest BCUT2D eigenvalue weighted by atomic mass is 35.5. The highest BCUT2D eigenvalue weighted by Crippen LogP contribution is 2.25. The second kappa shape index (κ2) is 7.54. The fourth-order valence-corrected chi connectivity index (χ4v) is 3.11. The summed E-state index contributed by atoms with van der Waals surface area (Å²) in [6, 6.07) is 5.08. The molecule has 1 fully saturated rings. The Bertz CT molecular complexity index is 459. The molecule has 21 heavy (non-hydrogen) atoms. The third kappa shape index (κ3) is 4.39. The minimum atomic E-state index is -0.369. The molecule has 1 heterocycles. The van der Waals surface area contributed by atoms with Crippen LogP contribution in [0.15, 0.2) is 18.2 Å². The lowest BCUT2D eigenvalue weighted by Gasteiger charge is -2.39. The van der Waals surface area contributed by atoms with Crippen molar-refractivity contribution in [3.05, 3.63) is 34.6 Å². The van der Waals surface area contributed by atoms with Crippen LogP contribution in [0.1, 0.15) is 25.5 Å². The molecule has 1 aliphatic rings. The molecule has 3 nitrogen and oxygen atoms in total. The predicted molar refractivity (Wildman–Crippen MR) is 86.1 cm³/mol. The van der Waals surface area contributed by atoms with E-state index in [4.69, 9.17) is 17.3 Å². The molecule has 0 saturated carbocycles. The van der Waals surface area contributed by atoms with Crippen LogP contribution in [0.5, 0.6) is 0 Å². The van der Waals surface area contributed by atoms with Crippen LogP contribution in [0, 0.1) is 11.7 Å². The zero-order valence-corrected chi connectivity index (χ0v) is 13.6. The summed E-state index contributed by atoms with van der Waals surface area (Å²) in [5, 5.41) is 0.163. The summed E-state index contributed by atoms with van der Waals surface area (Å²) in [5.74, 6) is 0.318. The van der Waals surface area contributed by atoms with Crippen molar-refractivity contribution in [1.29, 1.82) is 0 Å². The Morgan fingerprint density at radius 2 is 1.90 bits per heavy atom. The van der Waals surface area contributed by atoms with E-state index in [1.807, 2.05) is 6.07 Å². The lowest BCUT2D eigenvalue weighted by atomic mass is 10.0. The standard InChI is InChI=1S/C16H25ClFN3/c1-12(2)11-20-5-7-21(8-6-20)16(10-19)13-3-4-14(17)15(18)9-13/h3-4,9,12,16H,5-8,10-11,19H2,1-2H3. The van der Waals surface area contributed by atoms with Crippen LogP contribution in [0.4, 0.5) is 4.39 Å². The number of piperazine rings is 1. The van der Waals surface area contributed by atoms with Crippen LogP contribution in [-0.2, 0) is 0 Å². The van der Waals surface area contributed by atoms with E-state index in [0.29, 0.717) is 12.5 Å². The largest absolute Gasteiger partial charge is 0.329 e. The van der Waals surface area contributed by atoms with Gasteiger partial charge < -0.3 is 10.6 Å². The van der Waals surface area contributed by atoms with Crippen molar-refractivity contribution in [2.45, 2.75) is 19.9 Å². The van der Waals surface area contributed by atoms with Gasteiger partial charge in [-0.2, -0.15) is 0 Å². The molecular formula is C16H25ClFN3. The molecule has 0 radical (unpaired) electrons. The van der Waals surface area contributed by atoms with Crippen molar-refractivity contribution in [3.63, 3.8) is 0 Å². The molecule has 118 valence electrons. The number of halogens is 2. The first-order valence-corrected chi connectivity index (χ1v) is 8.00. The van der Waals surface area contributed by atoms with Crippen molar-refractivity contribution in [2.24, 2.45) is 11.7 Å². The van der Waals surface area contributed by atoms with Crippen LogP contribution in [0.25, 0.3) is 0 Å². The Labute approximate surface area is 131 Å². The van der Waals surface area contributed by atoms with Gasteiger partial charge in [0.05, 0.1) is 5.02 Å². The smallest absolute Gasteiger partial charge is 0.142 e. The zero-order valence-electron chi connectivity index (χ0n) is 12.9. The predicted octanol–water partition coefficient (Wildman–Crippen LogP) is 2.75. The number of hydrogen-bond acceptors (Lipinski definition) is 3. The van der Waals surface area contributed by atoms with Crippen molar-refractivity contribution in [3.8, 4) is 0 Å². The van der Waals surface area contributed by atoms with Gasteiger partial charge in [0.1, 0.15) is 5.82 Å². The summed E-state index contributed by atoms with van der Waals surface area (Å²) in [5.41, 5.74) is 6.84. The van der Waals surface area contributed by atoms with Crippen LogP contribution >= 0.6 is 11.6 Å². The summed E-state index contributed by atoms with van der Waals surface area (Å²) in [7, 11) is 0. The van der Waals surface area contributed by atoms with Gasteiger partial charge in [0.15, 0.2) is 0 Å². The minimum Gasteiger partial charge on any atom is -0.329 e. The zero-order chi connectivity index (χ0) is 15.4. The Morgan fingerprint density at radius 1 is 1.24 bits per heavy atom. The number of nitrogens with two attached hydrogens (primary N) is 1. The molecule has 0 amide bonds. The maximum atomic E-state index is 13.6. The van der Waals surface area contributed by atoms with Gasteiger partial charge in [-0.1, -0.05) is 31.5 Å². The Balaban J connectivity index is 2.00. The van der Waals surface area contributed by atoms with Crippen molar-refractivity contribution in [1.82, 2.24) is 9.80 Å². The topological polar surface area (TPSA) is 32.5 Å². The second-order valence-electron chi connectivity index (χ2n) is 6.16. The molecule has 1 aliphatic heterocycles. The van der Waals surface area contributed by atoms with E-state index in [9.17, 15) is 4.39 Å². The van der Waals surface area contributed by atoms with E-state index < -0.39 is 0 Å². The van der Waals surface area contributed by atoms with E-state index in [1.165, 1.54) is 6.07 Å². The number of hydrogen-bond donors (Lipinski definition) is 1. The van der Waals surface area contributed by atoms with Gasteiger partial charge in [0.2, 0.25) is 0 Å². The third-order valence-electron chi connectivity index (χ3n) is 4.02. The number of rotatable bonds is 5. The highest BCUT2D eigenvalue weighted by Gasteiger charge is 2.24.